The number of carbonyl (C=O) groups excluding carboxylic acids is 1. The molecule has 6 nitrogen and oxygen atoms in total. The van der Waals surface area contributed by atoms with Crippen molar-refractivity contribution in [2.45, 2.75) is 18.4 Å². The summed E-state index contributed by atoms with van der Waals surface area (Å²) in [4.78, 5) is 34.1. The highest BCUT2D eigenvalue weighted by atomic mass is 32.2. The molecule has 0 atom stereocenters. The number of amides is 1. The van der Waals surface area contributed by atoms with E-state index in [1.54, 1.807) is 10.6 Å². The van der Waals surface area contributed by atoms with Gasteiger partial charge in [-0.15, -0.1) is 23.1 Å². The molecule has 138 valence electrons. The smallest absolute Gasteiger partial charge is 0.262 e. The number of rotatable bonds is 6. The molecular formula is C19H18N4O2S2. The number of benzene rings is 1. The molecule has 4 rings (SSSR count). The standard InChI is InChI=1S/C19H18N4O2S2/c1-12-22-18-14(6-9-26-18)19(25)23(12)8-7-20-17(24)11-27-16-10-21-15-5-3-2-4-13(15)16/h2-6,9-10,21H,7-8,11H2,1H3,(H,20,24). The van der Waals surface area contributed by atoms with Crippen LogP contribution < -0.4 is 10.9 Å². The van der Waals surface area contributed by atoms with Crippen LogP contribution in [0.25, 0.3) is 21.1 Å². The molecule has 0 fully saturated rings. The minimum atomic E-state index is -0.0550. The van der Waals surface area contributed by atoms with Gasteiger partial charge in [0.15, 0.2) is 0 Å². The molecular weight excluding hydrogens is 380 g/mol. The van der Waals surface area contributed by atoms with Crippen LogP contribution in [-0.2, 0) is 11.3 Å². The molecule has 4 aromatic rings. The minimum absolute atomic E-state index is 0.0545. The van der Waals surface area contributed by atoms with E-state index in [0.29, 0.717) is 30.1 Å². The van der Waals surface area contributed by atoms with Gasteiger partial charge in [0, 0.05) is 35.1 Å². The lowest BCUT2D eigenvalue weighted by Gasteiger charge is -2.10. The van der Waals surface area contributed by atoms with Gasteiger partial charge in [-0.3, -0.25) is 14.2 Å². The Bertz CT molecular complexity index is 1180. The zero-order valence-electron chi connectivity index (χ0n) is 14.7. The fourth-order valence-corrected chi connectivity index (χ4v) is 4.64. The fraction of sp³-hybridized carbons (Fsp3) is 0.211. The lowest BCUT2D eigenvalue weighted by molar-refractivity contribution is -0.118. The van der Waals surface area contributed by atoms with Gasteiger partial charge in [-0.1, -0.05) is 18.2 Å². The number of para-hydroxylation sites is 1. The second-order valence-corrected chi connectivity index (χ2v) is 8.00. The van der Waals surface area contributed by atoms with Gasteiger partial charge in [-0.25, -0.2) is 4.98 Å². The number of carbonyl (C=O) groups is 1. The molecule has 8 heteroatoms. The van der Waals surface area contributed by atoms with Crippen LogP contribution in [0.5, 0.6) is 0 Å². The first-order valence-electron chi connectivity index (χ1n) is 8.54. The molecule has 2 N–H and O–H groups in total. The molecule has 3 aromatic heterocycles. The Morgan fingerprint density at radius 3 is 3.04 bits per heavy atom. The average Bonchev–Trinajstić information content (AvgIpc) is 3.29. The quantitative estimate of drug-likeness (QED) is 0.489. The molecule has 0 spiro atoms. The monoisotopic (exact) mass is 398 g/mol. The third-order valence-corrected chi connectivity index (χ3v) is 6.20. The van der Waals surface area contributed by atoms with E-state index in [0.717, 1.165) is 20.6 Å². The number of aromatic amines is 1. The number of aromatic nitrogens is 3. The Morgan fingerprint density at radius 2 is 2.15 bits per heavy atom. The van der Waals surface area contributed by atoms with Gasteiger partial charge in [-0.2, -0.15) is 0 Å². The molecule has 0 saturated carbocycles. The molecule has 0 unspecified atom stereocenters. The highest BCUT2D eigenvalue weighted by Crippen LogP contribution is 2.27. The summed E-state index contributed by atoms with van der Waals surface area (Å²) >= 11 is 2.96. The number of thioether (sulfide) groups is 1. The van der Waals surface area contributed by atoms with Crippen LogP contribution in [0.3, 0.4) is 0 Å². The van der Waals surface area contributed by atoms with E-state index in [2.05, 4.69) is 15.3 Å². The van der Waals surface area contributed by atoms with E-state index in [-0.39, 0.29) is 11.5 Å². The van der Waals surface area contributed by atoms with Crippen molar-refractivity contribution in [1.29, 1.82) is 0 Å². The van der Waals surface area contributed by atoms with Crippen LogP contribution in [0, 0.1) is 6.92 Å². The zero-order chi connectivity index (χ0) is 18.8. The third kappa shape index (κ3) is 3.63. The molecule has 27 heavy (non-hydrogen) atoms. The number of nitrogens with one attached hydrogen (secondary N) is 2. The first-order valence-corrected chi connectivity index (χ1v) is 10.4. The predicted octanol–water partition coefficient (Wildman–Crippen LogP) is 3.16. The van der Waals surface area contributed by atoms with Crippen molar-refractivity contribution in [2.24, 2.45) is 0 Å². The average molecular weight is 399 g/mol. The Kier molecular flexibility index (Phi) is 5.00. The largest absolute Gasteiger partial charge is 0.360 e. The van der Waals surface area contributed by atoms with Crippen LogP contribution >= 0.6 is 23.1 Å². The number of nitrogens with zero attached hydrogens (tertiary/aromatic N) is 2. The molecule has 0 radical (unpaired) electrons. The van der Waals surface area contributed by atoms with Crippen molar-refractivity contribution in [3.8, 4) is 0 Å². The Hall–Kier alpha value is -2.58. The number of H-pyrrole nitrogens is 1. The molecule has 0 bridgehead atoms. The van der Waals surface area contributed by atoms with Gasteiger partial charge in [0.05, 0.1) is 11.1 Å². The van der Waals surface area contributed by atoms with Crippen LogP contribution in [0.15, 0.2) is 51.6 Å². The molecule has 0 aliphatic carbocycles. The van der Waals surface area contributed by atoms with Crippen molar-refractivity contribution >= 4 is 50.1 Å². The van der Waals surface area contributed by atoms with Crippen LogP contribution in [0.4, 0.5) is 0 Å². The van der Waals surface area contributed by atoms with Crippen molar-refractivity contribution in [1.82, 2.24) is 19.9 Å². The highest BCUT2D eigenvalue weighted by molar-refractivity contribution is 8.00. The molecule has 1 amide bonds. The number of thiophene rings is 1. The van der Waals surface area contributed by atoms with E-state index in [1.165, 1.54) is 23.1 Å². The van der Waals surface area contributed by atoms with Gasteiger partial charge >= 0.3 is 0 Å². The number of hydrogen-bond acceptors (Lipinski definition) is 5. The third-order valence-electron chi connectivity index (χ3n) is 4.34. The summed E-state index contributed by atoms with van der Waals surface area (Å²) in [5, 5.41) is 6.50. The van der Waals surface area contributed by atoms with Crippen LogP contribution in [-0.4, -0.2) is 32.7 Å². The molecule has 0 aliphatic rings. The number of aryl methyl sites for hydroxylation is 1. The van der Waals surface area contributed by atoms with Crippen molar-refractivity contribution in [3.63, 3.8) is 0 Å². The first kappa shape index (κ1) is 17.8. The van der Waals surface area contributed by atoms with Gasteiger partial charge in [0.25, 0.3) is 5.56 Å². The second kappa shape index (κ2) is 7.58. The van der Waals surface area contributed by atoms with Crippen molar-refractivity contribution in [3.05, 3.63) is 58.1 Å². The fourth-order valence-electron chi connectivity index (χ4n) is 2.98. The molecule has 3 heterocycles. The normalized spacial score (nSPS) is 11.3. The Balaban J connectivity index is 1.34. The minimum Gasteiger partial charge on any atom is -0.360 e. The molecule has 0 saturated heterocycles. The highest BCUT2D eigenvalue weighted by Gasteiger charge is 2.10. The van der Waals surface area contributed by atoms with E-state index in [9.17, 15) is 9.59 Å². The van der Waals surface area contributed by atoms with Gasteiger partial charge < -0.3 is 10.3 Å². The van der Waals surface area contributed by atoms with Crippen LogP contribution in [0.2, 0.25) is 0 Å². The lowest BCUT2D eigenvalue weighted by Crippen LogP contribution is -2.33. The predicted molar refractivity (Wildman–Crippen MR) is 111 cm³/mol. The molecule has 0 aliphatic heterocycles. The van der Waals surface area contributed by atoms with Crippen molar-refractivity contribution in [2.75, 3.05) is 12.3 Å². The number of hydrogen-bond donors (Lipinski definition) is 2. The van der Waals surface area contributed by atoms with E-state index in [1.807, 2.05) is 42.8 Å². The van der Waals surface area contributed by atoms with Gasteiger partial charge in [-0.05, 0) is 24.4 Å². The van der Waals surface area contributed by atoms with E-state index in [4.69, 9.17) is 0 Å². The van der Waals surface area contributed by atoms with Gasteiger partial charge in [0.1, 0.15) is 10.7 Å². The topological polar surface area (TPSA) is 79.8 Å². The summed E-state index contributed by atoms with van der Waals surface area (Å²) in [6.45, 7) is 2.62. The number of fused-ring (bicyclic) bond motifs is 2. The van der Waals surface area contributed by atoms with Crippen molar-refractivity contribution < 1.29 is 4.79 Å². The summed E-state index contributed by atoms with van der Waals surface area (Å²) in [6.07, 6.45) is 1.92. The van der Waals surface area contributed by atoms with E-state index >= 15 is 0 Å². The van der Waals surface area contributed by atoms with E-state index < -0.39 is 0 Å². The summed E-state index contributed by atoms with van der Waals surface area (Å²) < 4.78 is 1.61. The second-order valence-electron chi connectivity index (χ2n) is 6.09. The van der Waals surface area contributed by atoms with Gasteiger partial charge in [0.2, 0.25) is 5.91 Å². The lowest BCUT2D eigenvalue weighted by atomic mass is 10.2. The maximum absolute atomic E-state index is 12.5. The van der Waals surface area contributed by atoms with Crippen LogP contribution in [0.1, 0.15) is 5.82 Å². The Morgan fingerprint density at radius 1 is 1.30 bits per heavy atom. The summed E-state index contributed by atoms with van der Waals surface area (Å²) in [5.74, 6) is 0.940. The summed E-state index contributed by atoms with van der Waals surface area (Å²) in [6, 6.07) is 9.80. The summed E-state index contributed by atoms with van der Waals surface area (Å²) in [5.41, 5.74) is 1.01. The maximum Gasteiger partial charge on any atom is 0.262 e. The first-order chi connectivity index (χ1) is 13.1. The molecule has 1 aromatic carbocycles. The Labute approximate surface area is 163 Å². The summed E-state index contributed by atoms with van der Waals surface area (Å²) in [7, 11) is 0. The SMILES string of the molecule is Cc1nc2sccc2c(=O)n1CCNC(=O)CSc1c[nH]c2ccccc12. The zero-order valence-corrected chi connectivity index (χ0v) is 16.3. The maximum atomic E-state index is 12.5.